The van der Waals surface area contributed by atoms with Crippen molar-refractivity contribution in [2.24, 2.45) is 13.0 Å². The summed E-state index contributed by atoms with van der Waals surface area (Å²) in [5.74, 6) is 3.18. The van der Waals surface area contributed by atoms with E-state index in [0.29, 0.717) is 5.92 Å². The van der Waals surface area contributed by atoms with Crippen LogP contribution >= 0.6 is 0 Å². The van der Waals surface area contributed by atoms with E-state index >= 15 is 0 Å². The molecule has 1 aliphatic carbocycles. The van der Waals surface area contributed by atoms with Crippen LogP contribution in [-0.4, -0.2) is 26.3 Å². The van der Waals surface area contributed by atoms with Crippen molar-refractivity contribution in [3.8, 4) is 11.3 Å². The summed E-state index contributed by atoms with van der Waals surface area (Å²) >= 11 is 0. The van der Waals surface area contributed by atoms with E-state index in [1.807, 2.05) is 30.2 Å². The van der Waals surface area contributed by atoms with Crippen LogP contribution in [-0.2, 0) is 7.05 Å². The lowest BCUT2D eigenvalue weighted by Gasteiger charge is -2.12. The van der Waals surface area contributed by atoms with Crippen LogP contribution in [0.1, 0.15) is 44.9 Å². The molecule has 2 aromatic heterocycles. The molecule has 0 amide bonds. The molecule has 1 N–H and O–H groups in total. The van der Waals surface area contributed by atoms with E-state index in [4.69, 9.17) is 9.97 Å². The van der Waals surface area contributed by atoms with Gasteiger partial charge >= 0.3 is 0 Å². The zero-order valence-electron chi connectivity index (χ0n) is 13.0. The molecule has 2 aromatic rings. The van der Waals surface area contributed by atoms with Crippen LogP contribution in [0.25, 0.3) is 11.3 Å². The minimum absolute atomic E-state index is 0.494. The monoisotopic (exact) mass is 285 g/mol. The normalized spacial score (nSPS) is 21.7. The number of aromatic nitrogens is 4. The summed E-state index contributed by atoms with van der Waals surface area (Å²) < 4.78 is 1.81. The van der Waals surface area contributed by atoms with E-state index in [9.17, 15) is 0 Å². The van der Waals surface area contributed by atoms with E-state index in [-0.39, 0.29) is 0 Å². The van der Waals surface area contributed by atoms with Crippen molar-refractivity contribution < 1.29 is 0 Å². The average molecular weight is 285 g/mol. The van der Waals surface area contributed by atoms with Crippen molar-refractivity contribution in [3.05, 3.63) is 24.3 Å². The van der Waals surface area contributed by atoms with E-state index in [1.165, 1.54) is 19.3 Å². The van der Waals surface area contributed by atoms with Gasteiger partial charge in [-0.1, -0.05) is 6.92 Å². The van der Waals surface area contributed by atoms with Crippen molar-refractivity contribution in [2.75, 3.05) is 11.9 Å². The van der Waals surface area contributed by atoms with Crippen LogP contribution in [0.2, 0.25) is 0 Å². The molecule has 2 atom stereocenters. The molecule has 0 bridgehead atoms. The Bertz CT molecular complexity index is 619. The zero-order chi connectivity index (χ0) is 14.8. The summed E-state index contributed by atoms with van der Waals surface area (Å²) in [6.45, 7) is 5.27. The van der Waals surface area contributed by atoms with Crippen LogP contribution in [0.15, 0.2) is 18.5 Å². The van der Waals surface area contributed by atoms with E-state index in [1.54, 1.807) is 0 Å². The number of nitrogens with zero attached hydrogens (tertiary/aromatic N) is 4. The number of anilines is 1. The number of aryl methyl sites for hydroxylation is 1. The first kappa shape index (κ1) is 14.0. The Balaban J connectivity index is 1.97. The zero-order valence-corrected chi connectivity index (χ0v) is 13.0. The summed E-state index contributed by atoms with van der Waals surface area (Å²) in [6.07, 6.45) is 7.53. The van der Waals surface area contributed by atoms with Gasteiger partial charge in [0, 0.05) is 37.3 Å². The number of hydrogen-bond acceptors (Lipinski definition) is 4. The van der Waals surface area contributed by atoms with Gasteiger partial charge in [-0.25, -0.2) is 9.97 Å². The largest absolute Gasteiger partial charge is 0.370 e. The van der Waals surface area contributed by atoms with E-state index in [2.05, 4.69) is 24.3 Å². The average Bonchev–Trinajstić information content (AvgIpc) is 3.08. The highest BCUT2D eigenvalue weighted by atomic mass is 15.2. The molecule has 5 heteroatoms. The first-order valence-corrected chi connectivity index (χ1v) is 7.77. The summed E-state index contributed by atoms with van der Waals surface area (Å²) in [7, 11) is 1.93. The summed E-state index contributed by atoms with van der Waals surface area (Å²) in [5, 5.41) is 7.56. The van der Waals surface area contributed by atoms with Crippen molar-refractivity contribution in [3.63, 3.8) is 0 Å². The van der Waals surface area contributed by atoms with Gasteiger partial charge in [-0.2, -0.15) is 5.10 Å². The maximum Gasteiger partial charge on any atom is 0.134 e. The highest BCUT2D eigenvalue weighted by Crippen LogP contribution is 2.37. The topological polar surface area (TPSA) is 55.6 Å². The third-order valence-corrected chi connectivity index (χ3v) is 4.16. The van der Waals surface area contributed by atoms with Gasteiger partial charge in [-0.3, -0.25) is 4.68 Å². The van der Waals surface area contributed by atoms with Gasteiger partial charge in [0.25, 0.3) is 0 Å². The molecule has 1 saturated carbocycles. The fraction of sp³-hybridized carbons (Fsp3) is 0.562. The molecule has 0 aromatic carbocycles. The Kier molecular flexibility index (Phi) is 3.90. The van der Waals surface area contributed by atoms with Crippen LogP contribution in [0.5, 0.6) is 0 Å². The van der Waals surface area contributed by atoms with Crippen LogP contribution in [0.4, 0.5) is 5.82 Å². The van der Waals surface area contributed by atoms with Crippen molar-refractivity contribution in [2.45, 2.75) is 39.0 Å². The minimum atomic E-state index is 0.494. The van der Waals surface area contributed by atoms with Gasteiger partial charge in [0.15, 0.2) is 0 Å². The second kappa shape index (κ2) is 5.84. The van der Waals surface area contributed by atoms with Crippen molar-refractivity contribution in [1.82, 2.24) is 19.7 Å². The lowest BCUT2D eigenvalue weighted by atomic mass is 10.1. The molecule has 2 heterocycles. The number of hydrogen-bond donors (Lipinski definition) is 1. The van der Waals surface area contributed by atoms with Gasteiger partial charge in [0.1, 0.15) is 11.6 Å². The Morgan fingerprint density at radius 3 is 2.81 bits per heavy atom. The fourth-order valence-corrected chi connectivity index (χ4v) is 3.06. The predicted octanol–water partition coefficient (Wildman–Crippen LogP) is 3.21. The molecule has 112 valence electrons. The third-order valence-electron chi connectivity index (χ3n) is 4.16. The Morgan fingerprint density at radius 1 is 1.33 bits per heavy atom. The summed E-state index contributed by atoms with van der Waals surface area (Å²) in [5.41, 5.74) is 2.01. The quantitative estimate of drug-likeness (QED) is 0.937. The Morgan fingerprint density at radius 2 is 2.19 bits per heavy atom. The standard InChI is InChI=1S/C16H23N5/c1-4-17-15-8-14(13-9-18-21(3)10-13)19-16(20-15)12-6-5-11(2)7-12/h8-12H,4-7H2,1-3H3,(H,17,19,20). The summed E-state index contributed by atoms with van der Waals surface area (Å²) in [4.78, 5) is 9.53. The SMILES string of the molecule is CCNc1cc(-c2cnn(C)c2)nc(C2CCC(C)C2)n1. The lowest BCUT2D eigenvalue weighted by molar-refractivity contribution is 0.586. The van der Waals surface area contributed by atoms with Gasteiger partial charge in [-0.15, -0.1) is 0 Å². The Hall–Kier alpha value is -1.91. The Labute approximate surface area is 125 Å². The van der Waals surface area contributed by atoms with Crippen molar-refractivity contribution in [1.29, 1.82) is 0 Å². The van der Waals surface area contributed by atoms with Gasteiger partial charge in [0.05, 0.1) is 11.9 Å². The van der Waals surface area contributed by atoms with E-state index in [0.717, 1.165) is 35.4 Å². The molecule has 0 aliphatic heterocycles. The summed E-state index contributed by atoms with van der Waals surface area (Å²) in [6, 6.07) is 2.02. The highest BCUT2D eigenvalue weighted by Gasteiger charge is 2.25. The maximum atomic E-state index is 4.81. The molecular formula is C16H23N5. The highest BCUT2D eigenvalue weighted by molar-refractivity contribution is 5.61. The fourth-order valence-electron chi connectivity index (χ4n) is 3.06. The van der Waals surface area contributed by atoms with Crippen molar-refractivity contribution >= 4 is 5.82 Å². The molecule has 3 rings (SSSR count). The maximum absolute atomic E-state index is 4.81. The second-order valence-corrected chi connectivity index (χ2v) is 6.04. The second-order valence-electron chi connectivity index (χ2n) is 6.04. The molecule has 5 nitrogen and oxygen atoms in total. The smallest absolute Gasteiger partial charge is 0.134 e. The molecule has 21 heavy (non-hydrogen) atoms. The van der Waals surface area contributed by atoms with Gasteiger partial charge in [0.2, 0.25) is 0 Å². The molecule has 0 saturated heterocycles. The molecular weight excluding hydrogens is 262 g/mol. The lowest BCUT2D eigenvalue weighted by Crippen LogP contribution is -2.07. The van der Waals surface area contributed by atoms with Crippen LogP contribution in [0.3, 0.4) is 0 Å². The molecule has 1 fully saturated rings. The number of rotatable bonds is 4. The molecule has 0 radical (unpaired) electrons. The number of nitrogens with one attached hydrogen (secondary N) is 1. The predicted molar refractivity (Wildman–Crippen MR) is 84.2 cm³/mol. The first-order valence-electron chi connectivity index (χ1n) is 7.77. The minimum Gasteiger partial charge on any atom is -0.370 e. The van der Waals surface area contributed by atoms with Gasteiger partial charge < -0.3 is 5.32 Å². The molecule has 1 aliphatic rings. The van der Waals surface area contributed by atoms with Crippen LogP contribution in [0, 0.1) is 5.92 Å². The van der Waals surface area contributed by atoms with Crippen LogP contribution < -0.4 is 5.32 Å². The van der Waals surface area contributed by atoms with E-state index < -0.39 is 0 Å². The van der Waals surface area contributed by atoms with Gasteiger partial charge in [-0.05, 0) is 32.1 Å². The molecule has 0 spiro atoms. The third kappa shape index (κ3) is 3.06. The molecule has 2 unspecified atom stereocenters. The first-order chi connectivity index (χ1) is 10.2.